The molecule has 0 saturated carbocycles. The summed E-state index contributed by atoms with van der Waals surface area (Å²) < 4.78 is 1.01. The van der Waals surface area contributed by atoms with Gasteiger partial charge in [0.05, 0.1) is 9.95 Å². The van der Waals surface area contributed by atoms with E-state index in [2.05, 4.69) is 10.1 Å². The molecule has 92 valence electrons. The first-order valence-electron chi connectivity index (χ1n) is 4.58. The first-order chi connectivity index (χ1) is 8.49. The molecule has 0 amide bonds. The zero-order chi connectivity index (χ0) is 13.3. The smallest absolute Gasteiger partial charge is 0.363 e. The summed E-state index contributed by atoms with van der Waals surface area (Å²) in [6.45, 7) is 0. The number of hydrogen-bond donors (Lipinski definition) is 1. The molecule has 9 heteroatoms. The van der Waals surface area contributed by atoms with Gasteiger partial charge in [0.1, 0.15) is 6.20 Å². The van der Waals surface area contributed by atoms with Crippen LogP contribution in [0.15, 0.2) is 24.5 Å². The molecule has 0 fully saturated rings. The number of carbonyl (C=O) groups is 1. The summed E-state index contributed by atoms with van der Waals surface area (Å²) in [6.07, 6.45) is 2.31. The highest BCUT2D eigenvalue weighted by molar-refractivity contribution is 6.30. The number of halogens is 1. The van der Waals surface area contributed by atoms with Crippen LogP contribution in [0.5, 0.6) is 0 Å². The summed E-state index contributed by atoms with van der Waals surface area (Å²) in [5, 5.41) is 23.5. The van der Waals surface area contributed by atoms with Gasteiger partial charge in [-0.15, -0.1) is 0 Å². The molecule has 8 nitrogen and oxygen atoms in total. The Labute approximate surface area is 105 Å². The SMILES string of the molecule is O=C(O)c1nn(-c2ccc(Cl)cn2)cc1[N+](=O)[O-]. The average Bonchev–Trinajstić information content (AvgIpc) is 2.75. The van der Waals surface area contributed by atoms with Crippen molar-refractivity contribution < 1.29 is 14.8 Å². The highest BCUT2D eigenvalue weighted by atomic mass is 35.5. The van der Waals surface area contributed by atoms with Crippen LogP contribution in [0.1, 0.15) is 10.5 Å². The Balaban J connectivity index is 2.53. The number of nitrogens with zero attached hydrogens (tertiary/aromatic N) is 4. The predicted octanol–water partition coefficient (Wildman–Crippen LogP) is 1.53. The van der Waals surface area contributed by atoms with E-state index in [1.165, 1.54) is 18.3 Å². The quantitative estimate of drug-likeness (QED) is 0.667. The van der Waals surface area contributed by atoms with E-state index in [-0.39, 0.29) is 5.82 Å². The lowest BCUT2D eigenvalue weighted by Gasteiger charge is -1.97. The summed E-state index contributed by atoms with van der Waals surface area (Å²) in [5.41, 5.74) is -1.24. The van der Waals surface area contributed by atoms with Crippen LogP contribution >= 0.6 is 11.6 Å². The lowest BCUT2D eigenvalue weighted by molar-refractivity contribution is -0.385. The third-order valence-electron chi connectivity index (χ3n) is 2.04. The van der Waals surface area contributed by atoms with Crippen molar-refractivity contribution in [1.82, 2.24) is 14.8 Å². The number of carboxylic acids is 1. The van der Waals surface area contributed by atoms with Gasteiger partial charge in [0.25, 0.3) is 0 Å². The van der Waals surface area contributed by atoms with Crippen LogP contribution in [0.25, 0.3) is 5.82 Å². The highest BCUT2D eigenvalue weighted by Gasteiger charge is 2.25. The minimum Gasteiger partial charge on any atom is -0.476 e. The molecule has 0 aliphatic heterocycles. The van der Waals surface area contributed by atoms with Crippen molar-refractivity contribution in [1.29, 1.82) is 0 Å². The van der Waals surface area contributed by atoms with E-state index in [9.17, 15) is 14.9 Å². The lowest BCUT2D eigenvalue weighted by Crippen LogP contribution is -2.03. The van der Waals surface area contributed by atoms with Crippen LogP contribution in [-0.2, 0) is 0 Å². The molecule has 2 heterocycles. The number of rotatable bonds is 3. The zero-order valence-electron chi connectivity index (χ0n) is 8.65. The standard InChI is InChI=1S/C9H5ClN4O4/c10-5-1-2-7(11-3-5)13-4-6(14(17)18)8(12-13)9(15)16/h1-4H,(H,15,16). The number of nitro groups is 1. The summed E-state index contributed by atoms with van der Waals surface area (Å²) in [6, 6.07) is 2.97. The van der Waals surface area contributed by atoms with Gasteiger partial charge in [-0.2, -0.15) is 5.10 Å². The summed E-state index contributed by atoms with van der Waals surface area (Å²) in [5.74, 6) is -1.25. The molecule has 0 spiro atoms. The fraction of sp³-hybridized carbons (Fsp3) is 0. The maximum Gasteiger partial charge on any atom is 0.363 e. The van der Waals surface area contributed by atoms with E-state index >= 15 is 0 Å². The van der Waals surface area contributed by atoms with Crippen molar-refractivity contribution in [2.24, 2.45) is 0 Å². The number of pyridine rings is 1. The van der Waals surface area contributed by atoms with E-state index < -0.39 is 22.3 Å². The maximum atomic E-state index is 10.8. The van der Waals surface area contributed by atoms with Gasteiger partial charge in [0, 0.05) is 6.20 Å². The predicted molar refractivity (Wildman–Crippen MR) is 60.0 cm³/mol. The Hall–Kier alpha value is -2.48. The summed E-state index contributed by atoms with van der Waals surface area (Å²) in [4.78, 5) is 24.5. The largest absolute Gasteiger partial charge is 0.476 e. The molecular weight excluding hydrogens is 264 g/mol. The summed E-state index contributed by atoms with van der Waals surface area (Å²) >= 11 is 5.64. The monoisotopic (exact) mass is 268 g/mol. The third-order valence-corrected chi connectivity index (χ3v) is 2.26. The van der Waals surface area contributed by atoms with Crippen LogP contribution < -0.4 is 0 Å². The van der Waals surface area contributed by atoms with E-state index in [1.807, 2.05) is 0 Å². The number of aromatic nitrogens is 3. The molecule has 2 aromatic heterocycles. The van der Waals surface area contributed by atoms with Crippen molar-refractivity contribution in [2.75, 3.05) is 0 Å². The fourth-order valence-corrected chi connectivity index (χ4v) is 1.38. The molecule has 0 saturated heterocycles. The number of carboxylic acid groups (broad SMARTS) is 1. The van der Waals surface area contributed by atoms with Gasteiger partial charge in [-0.3, -0.25) is 10.1 Å². The highest BCUT2D eigenvalue weighted by Crippen LogP contribution is 2.19. The molecule has 2 aromatic rings. The minimum absolute atomic E-state index is 0.231. The van der Waals surface area contributed by atoms with Gasteiger partial charge in [-0.1, -0.05) is 11.6 Å². The number of hydrogen-bond acceptors (Lipinski definition) is 5. The third kappa shape index (κ3) is 2.13. The van der Waals surface area contributed by atoms with Crippen LogP contribution in [0.2, 0.25) is 5.02 Å². The van der Waals surface area contributed by atoms with E-state index in [0.29, 0.717) is 5.02 Å². The first kappa shape index (κ1) is 12.0. The summed E-state index contributed by atoms with van der Waals surface area (Å²) in [7, 11) is 0. The first-order valence-corrected chi connectivity index (χ1v) is 4.96. The maximum absolute atomic E-state index is 10.8. The van der Waals surface area contributed by atoms with Gasteiger partial charge in [-0.05, 0) is 12.1 Å². The molecular formula is C9H5ClN4O4. The van der Waals surface area contributed by atoms with Gasteiger partial charge in [0.2, 0.25) is 5.69 Å². The van der Waals surface area contributed by atoms with Crippen LogP contribution in [-0.4, -0.2) is 30.8 Å². The van der Waals surface area contributed by atoms with Crippen molar-refractivity contribution in [3.63, 3.8) is 0 Å². The average molecular weight is 269 g/mol. The second kappa shape index (κ2) is 4.41. The Bertz CT molecular complexity index is 590. The second-order valence-electron chi connectivity index (χ2n) is 3.20. The van der Waals surface area contributed by atoms with E-state index in [0.717, 1.165) is 10.9 Å². The molecule has 0 unspecified atom stereocenters. The fourth-order valence-electron chi connectivity index (χ4n) is 1.27. The Morgan fingerprint density at radius 3 is 2.67 bits per heavy atom. The molecule has 0 bridgehead atoms. The topological polar surface area (TPSA) is 111 Å². The van der Waals surface area contributed by atoms with Crippen molar-refractivity contribution >= 4 is 23.3 Å². The van der Waals surface area contributed by atoms with Gasteiger partial charge < -0.3 is 5.11 Å². The van der Waals surface area contributed by atoms with Gasteiger partial charge in [0.15, 0.2) is 5.82 Å². The number of aromatic carboxylic acids is 1. The molecule has 0 aliphatic rings. The van der Waals surface area contributed by atoms with Crippen LogP contribution in [0, 0.1) is 10.1 Å². The second-order valence-corrected chi connectivity index (χ2v) is 3.64. The van der Waals surface area contributed by atoms with E-state index in [1.54, 1.807) is 0 Å². The Morgan fingerprint density at radius 1 is 1.50 bits per heavy atom. The van der Waals surface area contributed by atoms with Gasteiger partial charge >= 0.3 is 11.7 Å². The van der Waals surface area contributed by atoms with Crippen molar-refractivity contribution in [3.8, 4) is 5.82 Å². The van der Waals surface area contributed by atoms with Crippen molar-refractivity contribution in [3.05, 3.63) is 45.4 Å². The Morgan fingerprint density at radius 2 is 2.22 bits per heavy atom. The van der Waals surface area contributed by atoms with E-state index in [4.69, 9.17) is 16.7 Å². The molecule has 18 heavy (non-hydrogen) atoms. The normalized spacial score (nSPS) is 10.3. The Kier molecular flexibility index (Phi) is 2.94. The minimum atomic E-state index is -1.48. The van der Waals surface area contributed by atoms with Crippen LogP contribution in [0.3, 0.4) is 0 Å². The van der Waals surface area contributed by atoms with Gasteiger partial charge in [-0.25, -0.2) is 14.5 Å². The molecule has 1 N–H and O–H groups in total. The molecule has 0 aromatic carbocycles. The zero-order valence-corrected chi connectivity index (χ0v) is 9.40. The van der Waals surface area contributed by atoms with Crippen LogP contribution in [0.4, 0.5) is 5.69 Å². The molecule has 0 atom stereocenters. The molecule has 0 aliphatic carbocycles. The van der Waals surface area contributed by atoms with Crippen molar-refractivity contribution in [2.45, 2.75) is 0 Å². The molecule has 0 radical (unpaired) electrons. The molecule has 2 rings (SSSR count). The lowest BCUT2D eigenvalue weighted by atomic mass is 10.4.